The topological polar surface area (TPSA) is 65.3 Å². The molecule has 1 aromatic rings. The molecule has 0 amide bonds. The molecule has 0 heterocycles. The molecule has 0 fully saturated rings. The van der Waals surface area contributed by atoms with Gasteiger partial charge in [-0.15, -0.1) is 0 Å². The summed E-state index contributed by atoms with van der Waals surface area (Å²) >= 11 is 1.82. The van der Waals surface area contributed by atoms with E-state index >= 15 is 0 Å². The Morgan fingerprint density at radius 3 is 3.11 bits per heavy atom. The highest BCUT2D eigenvalue weighted by atomic mass is 32.2. The lowest BCUT2D eigenvalue weighted by molar-refractivity contribution is 0.106. The van der Waals surface area contributed by atoms with Gasteiger partial charge >= 0.3 is 0 Å². The van der Waals surface area contributed by atoms with Crippen molar-refractivity contribution in [3.8, 4) is 11.8 Å². The van der Waals surface area contributed by atoms with Crippen LogP contribution in [-0.2, 0) is 0 Å². The van der Waals surface area contributed by atoms with E-state index in [-0.39, 0.29) is 6.61 Å². The molecule has 0 spiro atoms. The van der Waals surface area contributed by atoms with Crippen molar-refractivity contribution in [2.75, 3.05) is 31.7 Å². The number of nitrogens with zero attached hydrogens (tertiary/aromatic N) is 1. The monoisotopic (exact) mass is 280 g/mol. The average Bonchev–Trinajstić information content (AvgIpc) is 2.45. The van der Waals surface area contributed by atoms with E-state index in [2.05, 4.69) is 17.6 Å². The molecule has 0 aromatic heterocycles. The van der Waals surface area contributed by atoms with Crippen LogP contribution in [0.5, 0.6) is 5.75 Å². The summed E-state index contributed by atoms with van der Waals surface area (Å²) in [7, 11) is 0. The van der Waals surface area contributed by atoms with Crippen molar-refractivity contribution in [3.63, 3.8) is 0 Å². The standard InChI is InChI=1S/C14H20N2O2S/c1-19-7-3-6-16-10-13(17)11-18-14-5-2-4-12(8-14)9-15/h2,4-5,8,13,16-17H,3,6-7,10-11H2,1H3. The van der Waals surface area contributed by atoms with Crippen LogP contribution < -0.4 is 10.1 Å². The number of aliphatic hydroxyl groups excluding tert-OH is 1. The molecule has 1 aromatic carbocycles. The Morgan fingerprint density at radius 2 is 2.37 bits per heavy atom. The highest BCUT2D eigenvalue weighted by Gasteiger charge is 2.05. The number of hydrogen-bond donors (Lipinski definition) is 2. The summed E-state index contributed by atoms with van der Waals surface area (Å²) in [5.74, 6) is 1.74. The lowest BCUT2D eigenvalue weighted by Gasteiger charge is -2.13. The van der Waals surface area contributed by atoms with Crippen LogP contribution in [0.15, 0.2) is 24.3 Å². The predicted molar refractivity (Wildman–Crippen MR) is 78.5 cm³/mol. The molecule has 0 aliphatic carbocycles. The highest BCUT2D eigenvalue weighted by Crippen LogP contribution is 2.12. The summed E-state index contributed by atoms with van der Waals surface area (Å²) in [5, 5.41) is 21.7. The van der Waals surface area contributed by atoms with Gasteiger partial charge in [0.15, 0.2) is 0 Å². The molecular weight excluding hydrogens is 260 g/mol. The van der Waals surface area contributed by atoms with Crippen LogP contribution in [0.1, 0.15) is 12.0 Å². The van der Waals surface area contributed by atoms with E-state index in [1.807, 2.05) is 11.8 Å². The lowest BCUT2D eigenvalue weighted by atomic mass is 10.2. The zero-order valence-corrected chi connectivity index (χ0v) is 11.9. The molecule has 1 unspecified atom stereocenters. The number of rotatable bonds is 9. The van der Waals surface area contributed by atoms with Gasteiger partial charge in [0.1, 0.15) is 18.5 Å². The number of aliphatic hydroxyl groups is 1. The van der Waals surface area contributed by atoms with Gasteiger partial charge in [-0.2, -0.15) is 17.0 Å². The van der Waals surface area contributed by atoms with Gasteiger partial charge in [-0.1, -0.05) is 6.07 Å². The molecule has 4 nitrogen and oxygen atoms in total. The van der Waals surface area contributed by atoms with Crippen LogP contribution in [-0.4, -0.2) is 42.9 Å². The van der Waals surface area contributed by atoms with E-state index in [9.17, 15) is 5.11 Å². The maximum Gasteiger partial charge on any atom is 0.120 e. The van der Waals surface area contributed by atoms with E-state index < -0.39 is 6.10 Å². The molecule has 0 radical (unpaired) electrons. The number of hydrogen-bond acceptors (Lipinski definition) is 5. The van der Waals surface area contributed by atoms with Gasteiger partial charge in [0, 0.05) is 6.54 Å². The summed E-state index contributed by atoms with van der Waals surface area (Å²) in [6.07, 6.45) is 2.64. The Morgan fingerprint density at radius 1 is 1.53 bits per heavy atom. The molecule has 0 saturated heterocycles. The Hall–Kier alpha value is -1.22. The highest BCUT2D eigenvalue weighted by molar-refractivity contribution is 7.98. The fourth-order valence-corrected chi connectivity index (χ4v) is 1.95. The lowest BCUT2D eigenvalue weighted by Crippen LogP contribution is -2.32. The van der Waals surface area contributed by atoms with Crippen molar-refractivity contribution in [1.82, 2.24) is 5.32 Å². The van der Waals surface area contributed by atoms with E-state index in [1.165, 1.54) is 0 Å². The number of ether oxygens (including phenoxy) is 1. The fourth-order valence-electron chi connectivity index (χ4n) is 1.52. The first-order valence-electron chi connectivity index (χ1n) is 6.27. The van der Waals surface area contributed by atoms with Crippen LogP contribution in [0, 0.1) is 11.3 Å². The van der Waals surface area contributed by atoms with E-state index in [4.69, 9.17) is 10.00 Å². The van der Waals surface area contributed by atoms with E-state index in [1.54, 1.807) is 24.3 Å². The van der Waals surface area contributed by atoms with Crippen molar-refractivity contribution in [2.45, 2.75) is 12.5 Å². The second-order valence-corrected chi connectivity index (χ2v) is 5.14. The summed E-state index contributed by atoms with van der Waals surface area (Å²) in [5.41, 5.74) is 0.558. The van der Waals surface area contributed by atoms with Gasteiger partial charge in [-0.05, 0) is 43.2 Å². The zero-order chi connectivity index (χ0) is 13.9. The van der Waals surface area contributed by atoms with Crippen LogP contribution in [0.25, 0.3) is 0 Å². The minimum atomic E-state index is -0.542. The third-order valence-corrected chi connectivity index (χ3v) is 3.18. The zero-order valence-electron chi connectivity index (χ0n) is 11.1. The van der Waals surface area contributed by atoms with Crippen LogP contribution >= 0.6 is 11.8 Å². The van der Waals surface area contributed by atoms with Crippen LogP contribution in [0.2, 0.25) is 0 Å². The molecule has 1 atom stereocenters. The fraction of sp³-hybridized carbons (Fsp3) is 0.500. The first-order valence-corrected chi connectivity index (χ1v) is 7.66. The van der Waals surface area contributed by atoms with E-state index in [0.29, 0.717) is 17.9 Å². The van der Waals surface area contributed by atoms with Gasteiger partial charge < -0.3 is 15.2 Å². The summed E-state index contributed by atoms with van der Waals surface area (Å²) in [4.78, 5) is 0. The second-order valence-electron chi connectivity index (χ2n) is 4.15. The Bertz CT molecular complexity index is 407. The maximum absolute atomic E-state index is 9.74. The van der Waals surface area contributed by atoms with Crippen LogP contribution in [0.3, 0.4) is 0 Å². The van der Waals surface area contributed by atoms with Gasteiger partial charge in [0.25, 0.3) is 0 Å². The summed E-state index contributed by atoms with van der Waals surface area (Å²) in [6.45, 7) is 1.65. The number of thioether (sulfide) groups is 1. The van der Waals surface area contributed by atoms with Crippen molar-refractivity contribution < 1.29 is 9.84 Å². The third kappa shape index (κ3) is 7.06. The quantitative estimate of drug-likeness (QED) is 0.673. The van der Waals surface area contributed by atoms with Crippen molar-refractivity contribution in [3.05, 3.63) is 29.8 Å². The van der Waals surface area contributed by atoms with Crippen molar-refractivity contribution in [2.24, 2.45) is 0 Å². The average molecular weight is 280 g/mol. The first kappa shape index (κ1) is 15.8. The predicted octanol–water partition coefficient (Wildman–Crippen LogP) is 1.64. The number of nitrogens with one attached hydrogen (secondary N) is 1. The molecule has 5 heteroatoms. The summed E-state index contributed by atoms with van der Waals surface area (Å²) < 4.78 is 5.44. The second kappa shape index (κ2) is 9.68. The maximum atomic E-state index is 9.74. The van der Waals surface area contributed by atoms with Crippen molar-refractivity contribution in [1.29, 1.82) is 5.26 Å². The largest absolute Gasteiger partial charge is 0.491 e. The normalized spacial score (nSPS) is 11.8. The molecule has 104 valence electrons. The molecule has 2 N–H and O–H groups in total. The number of benzene rings is 1. The summed E-state index contributed by atoms with van der Waals surface area (Å²) in [6, 6.07) is 8.98. The van der Waals surface area contributed by atoms with Gasteiger partial charge in [-0.25, -0.2) is 0 Å². The smallest absolute Gasteiger partial charge is 0.120 e. The van der Waals surface area contributed by atoms with Gasteiger partial charge in [0.2, 0.25) is 0 Å². The third-order valence-electron chi connectivity index (χ3n) is 2.49. The molecular formula is C14H20N2O2S. The van der Waals surface area contributed by atoms with Gasteiger partial charge in [0.05, 0.1) is 11.6 Å². The minimum absolute atomic E-state index is 0.227. The van der Waals surface area contributed by atoms with Crippen molar-refractivity contribution >= 4 is 11.8 Å². The molecule has 1 rings (SSSR count). The molecule has 0 aliphatic heterocycles. The molecule has 0 bridgehead atoms. The molecule has 19 heavy (non-hydrogen) atoms. The van der Waals surface area contributed by atoms with E-state index in [0.717, 1.165) is 18.7 Å². The Labute approximate surface area is 118 Å². The minimum Gasteiger partial charge on any atom is -0.491 e. The Kier molecular flexibility index (Phi) is 8.07. The molecule has 0 aliphatic rings. The van der Waals surface area contributed by atoms with Crippen LogP contribution in [0.4, 0.5) is 0 Å². The number of nitriles is 1. The SMILES string of the molecule is CSCCCNCC(O)COc1cccc(C#N)c1. The van der Waals surface area contributed by atoms with Gasteiger partial charge in [-0.3, -0.25) is 0 Å². The molecule has 0 saturated carbocycles. The first-order chi connectivity index (χ1) is 9.26. The Balaban J connectivity index is 2.18.